The van der Waals surface area contributed by atoms with E-state index in [-0.39, 0.29) is 41.0 Å². The quantitative estimate of drug-likeness (QED) is 0.637. The van der Waals surface area contributed by atoms with Gasteiger partial charge < -0.3 is 25.2 Å². The number of fused-ring (bicyclic) bond motifs is 1. The van der Waals surface area contributed by atoms with Crippen molar-refractivity contribution < 1.29 is 30.0 Å². The maximum absolute atomic E-state index is 12.2. The van der Waals surface area contributed by atoms with Gasteiger partial charge in [-0.25, -0.2) is 0 Å². The van der Waals surface area contributed by atoms with E-state index >= 15 is 0 Å². The summed E-state index contributed by atoms with van der Waals surface area (Å²) in [6.45, 7) is 0. The third-order valence-corrected chi connectivity index (χ3v) is 3.29. The number of aromatic hydroxyl groups is 4. The van der Waals surface area contributed by atoms with E-state index in [4.69, 9.17) is 4.74 Å². The Bertz CT molecular complexity index is 717. The van der Waals surface area contributed by atoms with Gasteiger partial charge in [-0.2, -0.15) is 0 Å². The third kappa shape index (κ3) is 2.31. The van der Waals surface area contributed by atoms with Gasteiger partial charge >= 0.3 is 0 Å². The first-order valence-corrected chi connectivity index (χ1v) is 6.21. The zero-order valence-corrected chi connectivity index (χ0v) is 10.8. The van der Waals surface area contributed by atoms with Crippen molar-refractivity contribution >= 4 is 5.78 Å². The molecule has 0 aliphatic carbocycles. The summed E-state index contributed by atoms with van der Waals surface area (Å²) >= 11 is 0. The Morgan fingerprint density at radius 1 is 0.905 bits per heavy atom. The Morgan fingerprint density at radius 3 is 2.19 bits per heavy atom. The molecule has 0 spiro atoms. The molecule has 0 radical (unpaired) electrons. The Hall–Kier alpha value is -2.89. The molecule has 1 heterocycles. The number of hydrogen-bond donors (Lipinski definition) is 4. The molecule has 0 saturated heterocycles. The largest absolute Gasteiger partial charge is 0.508 e. The summed E-state index contributed by atoms with van der Waals surface area (Å²) in [5.74, 6) is -0.904. The highest BCUT2D eigenvalue weighted by molar-refractivity contribution is 5.89. The number of hydrogen-bond acceptors (Lipinski definition) is 6. The van der Waals surface area contributed by atoms with Crippen molar-refractivity contribution in [1.29, 1.82) is 0 Å². The van der Waals surface area contributed by atoms with Crippen molar-refractivity contribution in [2.75, 3.05) is 0 Å². The molecule has 2 aromatic rings. The number of ether oxygens (including phenoxy) is 1. The molecule has 0 saturated carbocycles. The van der Waals surface area contributed by atoms with Crippen LogP contribution in [0.3, 0.4) is 0 Å². The fourth-order valence-electron chi connectivity index (χ4n) is 2.38. The number of rotatable bonds is 1. The summed E-state index contributed by atoms with van der Waals surface area (Å²) in [6.07, 6.45) is -1.08. The molecule has 6 nitrogen and oxygen atoms in total. The van der Waals surface area contributed by atoms with Gasteiger partial charge in [-0.15, -0.1) is 0 Å². The van der Waals surface area contributed by atoms with Crippen LogP contribution in [0.4, 0.5) is 0 Å². The smallest absolute Gasteiger partial charge is 0.182 e. The molecule has 0 fully saturated rings. The Kier molecular flexibility index (Phi) is 2.86. The van der Waals surface area contributed by atoms with Crippen molar-refractivity contribution in [2.45, 2.75) is 12.5 Å². The minimum Gasteiger partial charge on any atom is -0.508 e. The van der Waals surface area contributed by atoms with Crippen molar-refractivity contribution in [1.82, 2.24) is 0 Å². The Morgan fingerprint density at radius 2 is 1.52 bits per heavy atom. The second-order valence-corrected chi connectivity index (χ2v) is 4.87. The van der Waals surface area contributed by atoms with Crippen LogP contribution in [0.25, 0.3) is 0 Å². The molecule has 4 N–H and O–H groups in total. The predicted molar refractivity (Wildman–Crippen MR) is 71.6 cm³/mol. The summed E-state index contributed by atoms with van der Waals surface area (Å²) in [4.78, 5) is 12.2. The van der Waals surface area contributed by atoms with E-state index in [1.807, 2.05) is 0 Å². The standard InChI is InChI=1S/C15H12O6/c16-8-1-7(2-9(17)3-8)15-13(20)6-11-12(19)4-10(18)5-14(11)21-15/h1-5,15-19H,6H2. The van der Waals surface area contributed by atoms with Gasteiger partial charge in [-0.1, -0.05) is 0 Å². The molecule has 1 atom stereocenters. The zero-order chi connectivity index (χ0) is 15.1. The summed E-state index contributed by atoms with van der Waals surface area (Å²) in [5, 5.41) is 38.2. The van der Waals surface area contributed by atoms with Crippen LogP contribution in [0, 0.1) is 0 Å². The van der Waals surface area contributed by atoms with E-state index in [0.29, 0.717) is 11.1 Å². The van der Waals surface area contributed by atoms with Crippen molar-refractivity contribution in [3.05, 3.63) is 41.5 Å². The van der Waals surface area contributed by atoms with Crippen molar-refractivity contribution in [2.24, 2.45) is 0 Å². The van der Waals surface area contributed by atoms with Gasteiger partial charge in [0, 0.05) is 35.7 Å². The molecular weight excluding hydrogens is 276 g/mol. The second-order valence-electron chi connectivity index (χ2n) is 4.87. The SMILES string of the molecule is O=C1Cc2c(O)cc(O)cc2OC1c1cc(O)cc(O)c1. The summed E-state index contributed by atoms with van der Waals surface area (Å²) in [7, 11) is 0. The first-order chi connectivity index (χ1) is 9.94. The van der Waals surface area contributed by atoms with Gasteiger partial charge in [0.05, 0.1) is 0 Å². The van der Waals surface area contributed by atoms with E-state index in [2.05, 4.69) is 0 Å². The number of benzene rings is 2. The first kappa shape index (κ1) is 13.1. The van der Waals surface area contributed by atoms with Crippen LogP contribution in [-0.2, 0) is 11.2 Å². The predicted octanol–water partition coefficient (Wildman–Crippen LogP) is 1.75. The number of phenols is 4. The lowest BCUT2D eigenvalue weighted by Gasteiger charge is -2.26. The second kappa shape index (κ2) is 4.59. The highest BCUT2D eigenvalue weighted by Gasteiger charge is 2.32. The third-order valence-electron chi connectivity index (χ3n) is 3.29. The summed E-state index contributed by atoms with van der Waals surface area (Å²) in [5.41, 5.74) is 0.601. The molecule has 2 aromatic carbocycles. The molecule has 1 aliphatic rings. The molecule has 1 aliphatic heterocycles. The van der Waals surface area contributed by atoms with E-state index in [0.717, 1.165) is 12.1 Å². The van der Waals surface area contributed by atoms with Gasteiger partial charge in [0.2, 0.25) is 0 Å². The summed E-state index contributed by atoms with van der Waals surface area (Å²) < 4.78 is 5.51. The lowest BCUT2D eigenvalue weighted by Crippen LogP contribution is -2.25. The molecule has 21 heavy (non-hydrogen) atoms. The van der Waals surface area contributed by atoms with Gasteiger partial charge in [-0.3, -0.25) is 4.79 Å². The van der Waals surface area contributed by atoms with Crippen LogP contribution in [0.1, 0.15) is 17.2 Å². The van der Waals surface area contributed by atoms with Gasteiger partial charge in [0.15, 0.2) is 11.9 Å². The minimum absolute atomic E-state index is 0.0669. The van der Waals surface area contributed by atoms with Crippen LogP contribution in [0.15, 0.2) is 30.3 Å². The molecule has 0 aromatic heterocycles. The van der Waals surface area contributed by atoms with Crippen molar-refractivity contribution in [3.8, 4) is 28.7 Å². The zero-order valence-electron chi connectivity index (χ0n) is 10.8. The van der Waals surface area contributed by atoms with Crippen LogP contribution in [-0.4, -0.2) is 26.2 Å². The number of ketones is 1. The monoisotopic (exact) mass is 288 g/mol. The lowest BCUT2D eigenvalue weighted by molar-refractivity contribution is -0.126. The highest BCUT2D eigenvalue weighted by Crippen LogP contribution is 2.41. The average molecular weight is 288 g/mol. The maximum Gasteiger partial charge on any atom is 0.182 e. The van der Waals surface area contributed by atoms with Crippen LogP contribution < -0.4 is 4.74 Å². The average Bonchev–Trinajstić information content (AvgIpc) is 2.38. The maximum atomic E-state index is 12.2. The first-order valence-electron chi connectivity index (χ1n) is 6.21. The van der Waals surface area contributed by atoms with Gasteiger partial charge in [0.1, 0.15) is 28.7 Å². The van der Waals surface area contributed by atoms with Gasteiger partial charge in [-0.05, 0) is 12.1 Å². The molecule has 0 amide bonds. The molecule has 0 bridgehead atoms. The Balaban J connectivity index is 2.04. The Labute approximate surface area is 119 Å². The lowest BCUT2D eigenvalue weighted by atomic mass is 9.95. The number of phenolic OH excluding ortho intramolecular Hbond substituents is 4. The summed E-state index contributed by atoms with van der Waals surface area (Å²) in [6, 6.07) is 6.21. The van der Waals surface area contributed by atoms with Crippen LogP contribution >= 0.6 is 0 Å². The molecular formula is C15H12O6. The van der Waals surface area contributed by atoms with Crippen LogP contribution in [0.2, 0.25) is 0 Å². The fourth-order valence-corrected chi connectivity index (χ4v) is 2.38. The normalized spacial score (nSPS) is 17.1. The minimum atomic E-state index is -1.02. The van der Waals surface area contributed by atoms with E-state index < -0.39 is 6.10 Å². The number of carbonyl (C=O) groups is 1. The molecule has 1 unspecified atom stereocenters. The van der Waals surface area contributed by atoms with E-state index in [9.17, 15) is 25.2 Å². The van der Waals surface area contributed by atoms with Gasteiger partial charge in [0.25, 0.3) is 0 Å². The highest BCUT2D eigenvalue weighted by atomic mass is 16.5. The molecule has 3 rings (SSSR count). The number of Topliss-reactive ketones (excluding diaryl/α,β-unsaturated/α-hetero) is 1. The molecule has 108 valence electrons. The van der Waals surface area contributed by atoms with E-state index in [1.165, 1.54) is 18.2 Å². The topological polar surface area (TPSA) is 107 Å². The van der Waals surface area contributed by atoms with Crippen LogP contribution in [0.5, 0.6) is 28.7 Å². The molecule has 6 heteroatoms. The van der Waals surface area contributed by atoms with Crippen molar-refractivity contribution in [3.63, 3.8) is 0 Å². The number of carbonyl (C=O) groups excluding carboxylic acids is 1. The van der Waals surface area contributed by atoms with E-state index in [1.54, 1.807) is 0 Å². The fraction of sp³-hybridized carbons (Fsp3) is 0.133.